The van der Waals surface area contributed by atoms with Gasteiger partial charge in [-0.1, -0.05) is 12.1 Å². The summed E-state index contributed by atoms with van der Waals surface area (Å²) < 4.78 is 11.1. The highest BCUT2D eigenvalue weighted by Gasteiger charge is 2.23. The molecule has 1 unspecified atom stereocenters. The third-order valence-corrected chi connectivity index (χ3v) is 4.11. The maximum Gasteiger partial charge on any atom is 0.265 e. The average molecular weight is 340 g/mol. The lowest BCUT2D eigenvalue weighted by Crippen LogP contribution is -2.34. The molecule has 1 aliphatic rings. The second kappa shape index (κ2) is 6.84. The van der Waals surface area contributed by atoms with Gasteiger partial charge in [0.1, 0.15) is 11.5 Å². The normalized spacial score (nSPS) is 15.6. The van der Waals surface area contributed by atoms with Crippen molar-refractivity contribution < 1.29 is 19.1 Å². The zero-order valence-corrected chi connectivity index (χ0v) is 14.4. The van der Waals surface area contributed by atoms with Crippen molar-refractivity contribution in [2.24, 2.45) is 0 Å². The van der Waals surface area contributed by atoms with E-state index in [4.69, 9.17) is 9.47 Å². The van der Waals surface area contributed by atoms with E-state index in [0.717, 1.165) is 11.1 Å². The minimum Gasteiger partial charge on any atom is -0.483 e. The van der Waals surface area contributed by atoms with Gasteiger partial charge >= 0.3 is 0 Å². The Morgan fingerprint density at radius 3 is 2.88 bits per heavy atom. The van der Waals surface area contributed by atoms with E-state index in [1.54, 1.807) is 25.1 Å². The van der Waals surface area contributed by atoms with Crippen LogP contribution in [0.4, 0.5) is 11.4 Å². The Kier molecular flexibility index (Phi) is 4.61. The lowest BCUT2D eigenvalue weighted by Gasteiger charge is -2.23. The van der Waals surface area contributed by atoms with E-state index in [1.165, 1.54) is 0 Å². The molecule has 2 amide bonds. The molecule has 130 valence electrons. The van der Waals surface area contributed by atoms with Gasteiger partial charge in [0.2, 0.25) is 0 Å². The van der Waals surface area contributed by atoms with Crippen LogP contribution in [-0.4, -0.2) is 24.5 Å². The molecule has 6 heteroatoms. The highest BCUT2D eigenvalue weighted by Crippen LogP contribution is 2.32. The maximum absolute atomic E-state index is 12.1. The molecule has 3 rings (SSSR count). The number of fused-ring (bicyclic) bond motifs is 1. The number of ether oxygens (including phenoxy) is 2. The quantitative estimate of drug-likeness (QED) is 0.897. The van der Waals surface area contributed by atoms with Crippen molar-refractivity contribution >= 4 is 23.2 Å². The van der Waals surface area contributed by atoms with Gasteiger partial charge in [0.25, 0.3) is 11.8 Å². The highest BCUT2D eigenvalue weighted by atomic mass is 16.5. The molecule has 1 heterocycles. The molecule has 0 aromatic heterocycles. The third kappa shape index (κ3) is 3.74. The maximum atomic E-state index is 12.1. The Balaban J connectivity index is 1.63. The Labute approximate surface area is 146 Å². The van der Waals surface area contributed by atoms with E-state index in [0.29, 0.717) is 22.9 Å². The Hall–Kier alpha value is -3.02. The van der Waals surface area contributed by atoms with Crippen molar-refractivity contribution in [1.82, 2.24) is 0 Å². The van der Waals surface area contributed by atoms with E-state index < -0.39 is 6.10 Å². The first-order valence-corrected chi connectivity index (χ1v) is 8.04. The number of carbonyl (C=O) groups excluding carboxylic acids is 2. The lowest BCUT2D eigenvalue weighted by molar-refractivity contribution is -0.122. The molecule has 0 saturated heterocycles. The molecule has 2 N–H and O–H groups in total. The first kappa shape index (κ1) is 16.8. The molecule has 2 aromatic rings. The van der Waals surface area contributed by atoms with Gasteiger partial charge in [-0.3, -0.25) is 9.59 Å². The molecule has 0 aliphatic carbocycles. The summed E-state index contributed by atoms with van der Waals surface area (Å²) in [7, 11) is 0. The summed E-state index contributed by atoms with van der Waals surface area (Å²) in [5.41, 5.74) is 3.22. The van der Waals surface area contributed by atoms with Crippen LogP contribution in [0.25, 0.3) is 0 Å². The first-order chi connectivity index (χ1) is 11.9. The topological polar surface area (TPSA) is 76.7 Å². The van der Waals surface area contributed by atoms with Crippen LogP contribution in [0.15, 0.2) is 36.4 Å². The van der Waals surface area contributed by atoms with Gasteiger partial charge in [-0.15, -0.1) is 0 Å². The van der Waals surface area contributed by atoms with Crippen molar-refractivity contribution in [3.63, 3.8) is 0 Å². The average Bonchev–Trinajstić information content (AvgIpc) is 2.57. The molecule has 2 aromatic carbocycles. The third-order valence-electron chi connectivity index (χ3n) is 4.11. The molecule has 0 fully saturated rings. The summed E-state index contributed by atoms with van der Waals surface area (Å²) in [6.45, 7) is 5.53. The molecular weight excluding hydrogens is 320 g/mol. The van der Waals surface area contributed by atoms with Crippen LogP contribution in [0.5, 0.6) is 11.5 Å². The SMILES string of the molecule is Cc1cccc(OCC(=O)Nc2ccc3c(c2)NC(=O)C(C)O3)c1C. The first-order valence-electron chi connectivity index (χ1n) is 8.04. The molecule has 25 heavy (non-hydrogen) atoms. The van der Waals surface area contributed by atoms with Crippen LogP contribution in [-0.2, 0) is 9.59 Å². The van der Waals surface area contributed by atoms with Crippen LogP contribution in [0.1, 0.15) is 18.1 Å². The van der Waals surface area contributed by atoms with Crippen LogP contribution in [0, 0.1) is 13.8 Å². The predicted molar refractivity (Wildman–Crippen MR) is 95.2 cm³/mol. The minimum absolute atomic E-state index is 0.0960. The number of nitrogens with one attached hydrogen (secondary N) is 2. The van der Waals surface area contributed by atoms with E-state index >= 15 is 0 Å². The smallest absolute Gasteiger partial charge is 0.265 e. The fraction of sp³-hybridized carbons (Fsp3) is 0.263. The number of anilines is 2. The molecule has 1 atom stereocenters. The standard InChI is InChI=1S/C19H20N2O4/c1-11-5-4-6-16(12(11)2)24-10-18(22)20-14-7-8-17-15(9-14)21-19(23)13(3)25-17/h4-9,13H,10H2,1-3H3,(H,20,22)(H,21,23). The summed E-state index contributed by atoms with van der Waals surface area (Å²) in [6.07, 6.45) is -0.529. The molecule has 1 aliphatic heterocycles. The number of carbonyl (C=O) groups is 2. The summed E-state index contributed by atoms with van der Waals surface area (Å²) in [4.78, 5) is 23.8. The van der Waals surface area contributed by atoms with E-state index in [9.17, 15) is 9.59 Å². The van der Waals surface area contributed by atoms with Gasteiger partial charge in [0, 0.05) is 5.69 Å². The zero-order chi connectivity index (χ0) is 18.0. The second-order valence-corrected chi connectivity index (χ2v) is 6.00. The van der Waals surface area contributed by atoms with E-state index in [1.807, 2.05) is 32.0 Å². The van der Waals surface area contributed by atoms with Gasteiger partial charge in [0.15, 0.2) is 12.7 Å². The number of aryl methyl sites for hydroxylation is 1. The lowest BCUT2D eigenvalue weighted by atomic mass is 10.1. The molecule has 0 saturated carbocycles. The predicted octanol–water partition coefficient (Wildman–Crippen LogP) is 3.04. The van der Waals surface area contributed by atoms with Crippen molar-refractivity contribution in [3.8, 4) is 11.5 Å². The van der Waals surface area contributed by atoms with Gasteiger partial charge < -0.3 is 20.1 Å². The van der Waals surface area contributed by atoms with Crippen LogP contribution in [0.3, 0.4) is 0 Å². The highest BCUT2D eigenvalue weighted by molar-refractivity contribution is 5.99. The minimum atomic E-state index is -0.529. The summed E-state index contributed by atoms with van der Waals surface area (Å²) in [5.74, 6) is 0.776. The molecule has 6 nitrogen and oxygen atoms in total. The Bertz CT molecular complexity index is 832. The molecule has 0 spiro atoms. The fourth-order valence-corrected chi connectivity index (χ4v) is 2.51. The van der Waals surface area contributed by atoms with Crippen molar-refractivity contribution in [2.45, 2.75) is 26.9 Å². The number of amides is 2. The monoisotopic (exact) mass is 340 g/mol. The number of rotatable bonds is 4. The van der Waals surface area contributed by atoms with Gasteiger partial charge in [0.05, 0.1) is 5.69 Å². The van der Waals surface area contributed by atoms with Crippen LogP contribution < -0.4 is 20.1 Å². The second-order valence-electron chi connectivity index (χ2n) is 6.00. The Morgan fingerprint density at radius 2 is 2.08 bits per heavy atom. The number of hydrogen-bond donors (Lipinski definition) is 2. The van der Waals surface area contributed by atoms with E-state index in [-0.39, 0.29) is 18.4 Å². The number of benzene rings is 2. The fourth-order valence-electron chi connectivity index (χ4n) is 2.51. The van der Waals surface area contributed by atoms with Gasteiger partial charge in [-0.2, -0.15) is 0 Å². The molecule has 0 radical (unpaired) electrons. The van der Waals surface area contributed by atoms with Crippen molar-refractivity contribution in [1.29, 1.82) is 0 Å². The summed E-state index contributed by atoms with van der Waals surface area (Å²) in [6, 6.07) is 10.8. The van der Waals surface area contributed by atoms with Crippen molar-refractivity contribution in [2.75, 3.05) is 17.2 Å². The largest absolute Gasteiger partial charge is 0.483 e. The Morgan fingerprint density at radius 1 is 1.28 bits per heavy atom. The summed E-state index contributed by atoms with van der Waals surface area (Å²) >= 11 is 0. The van der Waals surface area contributed by atoms with Gasteiger partial charge in [-0.25, -0.2) is 0 Å². The van der Waals surface area contributed by atoms with E-state index in [2.05, 4.69) is 10.6 Å². The van der Waals surface area contributed by atoms with Crippen molar-refractivity contribution in [3.05, 3.63) is 47.5 Å². The van der Waals surface area contributed by atoms with Crippen LogP contribution >= 0.6 is 0 Å². The molecule has 0 bridgehead atoms. The molecular formula is C19H20N2O4. The van der Waals surface area contributed by atoms with Gasteiger partial charge in [-0.05, 0) is 56.2 Å². The summed E-state index contributed by atoms with van der Waals surface area (Å²) in [5, 5.41) is 5.50. The van der Waals surface area contributed by atoms with Crippen LogP contribution in [0.2, 0.25) is 0 Å². The number of hydrogen-bond acceptors (Lipinski definition) is 4. The zero-order valence-electron chi connectivity index (χ0n) is 14.4.